The predicted octanol–water partition coefficient (Wildman–Crippen LogP) is 2.37. The molecule has 6 nitrogen and oxygen atoms in total. The van der Waals surface area contributed by atoms with E-state index in [0.29, 0.717) is 36.1 Å². The van der Waals surface area contributed by atoms with Crippen LogP contribution in [0.15, 0.2) is 59.3 Å². The highest BCUT2D eigenvalue weighted by molar-refractivity contribution is 5.94. The lowest BCUT2D eigenvalue weighted by Gasteiger charge is -2.37. The summed E-state index contributed by atoms with van der Waals surface area (Å²) in [5.74, 6) is 1.16. The van der Waals surface area contributed by atoms with E-state index in [1.807, 2.05) is 48.5 Å². The average Bonchev–Trinajstić information content (AvgIpc) is 3.05. The van der Waals surface area contributed by atoms with Gasteiger partial charge in [0.2, 0.25) is 11.7 Å². The fourth-order valence-corrected chi connectivity index (χ4v) is 2.56. The molecule has 3 heterocycles. The molecule has 2 aromatic heterocycles. The van der Waals surface area contributed by atoms with E-state index in [4.69, 9.17) is 4.52 Å². The van der Waals surface area contributed by atoms with E-state index in [2.05, 4.69) is 15.1 Å². The smallest absolute Gasteiger partial charge is 0.253 e. The maximum absolute atomic E-state index is 12.3. The molecule has 0 spiro atoms. The number of hydrogen-bond donors (Lipinski definition) is 0. The standard InChI is InChI=1S/C17H14N4O2/c22-17(12-6-2-1-3-7-12)21-10-13(11-21)16-19-15(20-23-16)14-8-4-5-9-18-14/h1-9,13H,10-11H2. The summed E-state index contributed by atoms with van der Waals surface area (Å²) in [6, 6.07) is 14.8. The molecule has 0 bridgehead atoms. The Bertz CT molecular complexity index is 811. The predicted molar refractivity (Wildman–Crippen MR) is 82.6 cm³/mol. The number of aromatic nitrogens is 3. The Labute approximate surface area is 132 Å². The summed E-state index contributed by atoms with van der Waals surface area (Å²) < 4.78 is 5.32. The van der Waals surface area contributed by atoms with Gasteiger partial charge in [-0.15, -0.1) is 0 Å². The first-order chi connectivity index (χ1) is 11.3. The minimum absolute atomic E-state index is 0.0336. The summed E-state index contributed by atoms with van der Waals surface area (Å²) in [5.41, 5.74) is 1.38. The third-order valence-corrected chi connectivity index (χ3v) is 3.87. The summed E-state index contributed by atoms with van der Waals surface area (Å²) in [5, 5.41) is 3.97. The lowest BCUT2D eigenvalue weighted by Crippen LogP contribution is -2.48. The summed E-state index contributed by atoms with van der Waals surface area (Å²) in [4.78, 5) is 22.7. The van der Waals surface area contributed by atoms with E-state index in [0.717, 1.165) is 0 Å². The SMILES string of the molecule is O=C(c1ccccc1)N1CC(c2nc(-c3ccccn3)no2)C1. The van der Waals surface area contributed by atoms with Crippen molar-refractivity contribution in [3.05, 3.63) is 66.2 Å². The molecule has 1 saturated heterocycles. The molecule has 1 aliphatic rings. The Hall–Kier alpha value is -3.02. The summed E-state index contributed by atoms with van der Waals surface area (Å²) in [7, 11) is 0. The fourth-order valence-electron chi connectivity index (χ4n) is 2.56. The average molecular weight is 306 g/mol. The minimum atomic E-state index is 0.0336. The van der Waals surface area contributed by atoms with E-state index in [-0.39, 0.29) is 11.8 Å². The highest BCUT2D eigenvalue weighted by atomic mass is 16.5. The van der Waals surface area contributed by atoms with Gasteiger partial charge in [0.15, 0.2) is 0 Å². The quantitative estimate of drug-likeness (QED) is 0.743. The van der Waals surface area contributed by atoms with Crippen molar-refractivity contribution in [2.75, 3.05) is 13.1 Å². The van der Waals surface area contributed by atoms with Crippen LogP contribution < -0.4 is 0 Å². The van der Waals surface area contributed by atoms with E-state index >= 15 is 0 Å². The van der Waals surface area contributed by atoms with Crippen molar-refractivity contribution in [1.82, 2.24) is 20.0 Å². The number of carbonyl (C=O) groups is 1. The highest BCUT2D eigenvalue weighted by Gasteiger charge is 2.36. The number of amides is 1. The lowest BCUT2D eigenvalue weighted by atomic mass is 9.99. The van der Waals surface area contributed by atoms with Crippen LogP contribution in [0.5, 0.6) is 0 Å². The first-order valence-electron chi connectivity index (χ1n) is 7.40. The number of benzene rings is 1. The molecule has 0 saturated carbocycles. The van der Waals surface area contributed by atoms with Gasteiger partial charge in [-0.25, -0.2) is 0 Å². The first-order valence-corrected chi connectivity index (χ1v) is 7.40. The van der Waals surface area contributed by atoms with E-state index in [9.17, 15) is 4.79 Å². The number of rotatable bonds is 3. The molecule has 1 fully saturated rings. The van der Waals surface area contributed by atoms with Crippen LogP contribution in [-0.4, -0.2) is 39.0 Å². The Kier molecular flexibility index (Phi) is 3.34. The number of nitrogens with zero attached hydrogens (tertiary/aromatic N) is 4. The molecule has 1 aliphatic heterocycles. The molecule has 1 amide bonds. The summed E-state index contributed by atoms with van der Waals surface area (Å²) >= 11 is 0. The molecular formula is C17H14N4O2. The molecule has 6 heteroatoms. The molecule has 114 valence electrons. The summed E-state index contributed by atoms with van der Waals surface area (Å²) in [6.07, 6.45) is 1.69. The van der Waals surface area contributed by atoms with Gasteiger partial charge in [0, 0.05) is 24.8 Å². The van der Waals surface area contributed by atoms with Gasteiger partial charge >= 0.3 is 0 Å². The highest BCUT2D eigenvalue weighted by Crippen LogP contribution is 2.28. The zero-order valence-electron chi connectivity index (χ0n) is 12.3. The number of pyridine rings is 1. The minimum Gasteiger partial charge on any atom is -0.338 e. The molecule has 0 radical (unpaired) electrons. The largest absolute Gasteiger partial charge is 0.338 e. The Morgan fingerprint density at radius 3 is 2.61 bits per heavy atom. The monoisotopic (exact) mass is 306 g/mol. The van der Waals surface area contributed by atoms with Gasteiger partial charge in [-0.2, -0.15) is 4.98 Å². The molecule has 0 atom stereocenters. The second-order valence-electron chi connectivity index (χ2n) is 5.44. The number of likely N-dealkylation sites (tertiary alicyclic amines) is 1. The van der Waals surface area contributed by atoms with Gasteiger partial charge in [0.05, 0.1) is 5.92 Å². The second kappa shape index (κ2) is 5.64. The van der Waals surface area contributed by atoms with Crippen LogP contribution in [0.3, 0.4) is 0 Å². The maximum atomic E-state index is 12.3. The first kappa shape index (κ1) is 13.6. The number of carbonyl (C=O) groups excluding carboxylic acids is 1. The van der Waals surface area contributed by atoms with Crippen molar-refractivity contribution < 1.29 is 9.32 Å². The van der Waals surface area contributed by atoms with Crippen LogP contribution in [0.25, 0.3) is 11.5 Å². The van der Waals surface area contributed by atoms with E-state index in [1.165, 1.54) is 0 Å². The van der Waals surface area contributed by atoms with Crippen LogP contribution >= 0.6 is 0 Å². The summed E-state index contributed by atoms with van der Waals surface area (Å²) in [6.45, 7) is 1.19. The van der Waals surface area contributed by atoms with Crippen LogP contribution in [0.4, 0.5) is 0 Å². The van der Waals surface area contributed by atoms with Crippen LogP contribution in [0.2, 0.25) is 0 Å². The van der Waals surface area contributed by atoms with Gasteiger partial charge in [-0.05, 0) is 24.3 Å². The third-order valence-electron chi connectivity index (χ3n) is 3.87. The Morgan fingerprint density at radius 1 is 1.09 bits per heavy atom. The molecular weight excluding hydrogens is 292 g/mol. The van der Waals surface area contributed by atoms with Crippen LogP contribution in [-0.2, 0) is 0 Å². The number of hydrogen-bond acceptors (Lipinski definition) is 5. The van der Waals surface area contributed by atoms with Gasteiger partial charge in [-0.1, -0.05) is 29.4 Å². The van der Waals surface area contributed by atoms with E-state index < -0.39 is 0 Å². The maximum Gasteiger partial charge on any atom is 0.253 e. The van der Waals surface area contributed by atoms with Crippen LogP contribution in [0, 0.1) is 0 Å². The van der Waals surface area contributed by atoms with Crippen molar-refractivity contribution in [1.29, 1.82) is 0 Å². The molecule has 0 N–H and O–H groups in total. The molecule has 4 rings (SSSR count). The Morgan fingerprint density at radius 2 is 1.87 bits per heavy atom. The van der Waals surface area contributed by atoms with Gasteiger partial charge < -0.3 is 9.42 Å². The molecule has 23 heavy (non-hydrogen) atoms. The zero-order chi connectivity index (χ0) is 15.6. The Balaban J connectivity index is 1.43. The van der Waals surface area contributed by atoms with Crippen molar-refractivity contribution in [2.45, 2.75) is 5.92 Å². The normalized spacial score (nSPS) is 14.5. The van der Waals surface area contributed by atoms with Crippen molar-refractivity contribution >= 4 is 5.91 Å². The van der Waals surface area contributed by atoms with Gasteiger partial charge in [-0.3, -0.25) is 9.78 Å². The van der Waals surface area contributed by atoms with Crippen molar-refractivity contribution in [3.63, 3.8) is 0 Å². The second-order valence-corrected chi connectivity index (χ2v) is 5.44. The molecule has 0 aliphatic carbocycles. The molecule has 3 aromatic rings. The molecule has 0 unspecified atom stereocenters. The van der Waals surface area contributed by atoms with Crippen molar-refractivity contribution in [2.24, 2.45) is 0 Å². The van der Waals surface area contributed by atoms with Gasteiger partial charge in [0.1, 0.15) is 5.69 Å². The van der Waals surface area contributed by atoms with Gasteiger partial charge in [0.25, 0.3) is 5.91 Å². The zero-order valence-corrected chi connectivity index (χ0v) is 12.3. The topological polar surface area (TPSA) is 72.1 Å². The fraction of sp³-hybridized carbons (Fsp3) is 0.176. The third kappa shape index (κ3) is 2.59. The van der Waals surface area contributed by atoms with Crippen LogP contribution in [0.1, 0.15) is 22.2 Å². The molecule has 1 aromatic carbocycles. The van der Waals surface area contributed by atoms with Crippen molar-refractivity contribution in [3.8, 4) is 11.5 Å². The van der Waals surface area contributed by atoms with E-state index in [1.54, 1.807) is 11.1 Å². The lowest BCUT2D eigenvalue weighted by molar-refractivity contribution is 0.0569.